The van der Waals surface area contributed by atoms with Gasteiger partial charge in [0.05, 0.1) is 5.92 Å². The van der Waals surface area contributed by atoms with E-state index >= 15 is 0 Å². The van der Waals surface area contributed by atoms with Crippen LogP contribution in [0.2, 0.25) is 0 Å². The van der Waals surface area contributed by atoms with Gasteiger partial charge in [-0.25, -0.2) is 0 Å². The number of nitrogens with zero attached hydrogens (tertiary/aromatic N) is 1. The van der Waals surface area contributed by atoms with Gasteiger partial charge in [-0.15, -0.1) is 0 Å². The van der Waals surface area contributed by atoms with Gasteiger partial charge in [0.15, 0.2) is 0 Å². The molecule has 2 unspecified atom stereocenters. The van der Waals surface area contributed by atoms with E-state index in [1.807, 2.05) is 38.1 Å². The first-order valence-electron chi connectivity index (χ1n) is 9.38. The molecule has 0 spiro atoms. The van der Waals surface area contributed by atoms with Crippen molar-refractivity contribution in [3.05, 3.63) is 35.4 Å². The Morgan fingerprint density at radius 1 is 1.19 bits per heavy atom. The summed E-state index contributed by atoms with van der Waals surface area (Å²) in [7, 11) is 3.94. The van der Waals surface area contributed by atoms with Gasteiger partial charge in [-0.1, -0.05) is 25.0 Å². The molecule has 1 aliphatic rings. The van der Waals surface area contributed by atoms with Crippen LogP contribution in [-0.2, 0) is 11.3 Å². The molecule has 0 aliphatic heterocycles. The van der Waals surface area contributed by atoms with Crippen LogP contribution in [0.4, 0.5) is 0 Å². The summed E-state index contributed by atoms with van der Waals surface area (Å²) in [5, 5.41) is 5.88. The number of carbonyl (C=O) groups excluding carboxylic acids is 2. The zero-order valence-corrected chi connectivity index (χ0v) is 16.2. The van der Waals surface area contributed by atoms with Crippen molar-refractivity contribution in [2.75, 3.05) is 27.2 Å². The van der Waals surface area contributed by atoms with Gasteiger partial charge in [-0.05, 0) is 51.6 Å². The quantitative estimate of drug-likeness (QED) is 0.688. The molecule has 144 valence electrons. The monoisotopic (exact) mass is 360 g/mol. The van der Waals surface area contributed by atoms with Gasteiger partial charge >= 0.3 is 0 Å². The number of nitrogens with one attached hydrogen (secondary N) is 2. The first-order valence-corrected chi connectivity index (χ1v) is 9.38. The minimum Gasteiger partial charge on any atom is -0.352 e. The number of carbonyl (C=O) groups is 2. The number of amides is 2. The predicted octanol–water partition coefficient (Wildman–Crippen LogP) is 1.50. The van der Waals surface area contributed by atoms with E-state index in [-0.39, 0.29) is 17.7 Å². The van der Waals surface area contributed by atoms with Crippen molar-refractivity contribution < 1.29 is 9.59 Å². The number of rotatable bonds is 7. The molecule has 2 amide bonds. The maximum atomic E-state index is 12.5. The van der Waals surface area contributed by atoms with Crippen LogP contribution in [0.15, 0.2) is 24.3 Å². The first kappa shape index (κ1) is 20.4. The molecule has 0 bridgehead atoms. The van der Waals surface area contributed by atoms with E-state index in [0.717, 1.165) is 37.8 Å². The maximum Gasteiger partial charge on any atom is 0.251 e. The molecule has 1 aromatic carbocycles. The first-order chi connectivity index (χ1) is 12.3. The van der Waals surface area contributed by atoms with Crippen molar-refractivity contribution in [3.8, 4) is 0 Å². The molecule has 4 N–H and O–H groups in total. The molecule has 6 heteroatoms. The smallest absolute Gasteiger partial charge is 0.251 e. The average Bonchev–Trinajstić information content (AvgIpc) is 2.59. The van der Waals surface area contributed by atoms with Crippen molar-refractivity contribution in [2.45, 2.75) is 44.7 Å². The van der Waals surface area contributed by atoms with Crippen LogP contribution in [0.5, 0.6) is 0 Å². The Morgan fingerprint density at radius 2 is 1.88 bits per heavy atom. The largest absolute Gasteiger partial charge is 0.352 e. The number of benzene rings is 1. The topological polar surface area (TPSA) is 87.5 Å². The lowest BCUT2D eigenvalue weighted by Crippen LogP contribution is -2.52. The highest BCUT2D eigenvalue weighted by molar-refractivity contribution is 5.94. The molecule has 26 heavy (non-hydrogen) atoms. The standard InChI is InChI=1S/C20H32N4O2/c1-20(21)11-5-4-6-17(20)19(26)23-14-15-7-9-16(10-8-15)18(25)22-12-13-24(2)3/h7-10,17H,4-6,11-14,21H2,1-3H3,(H,22,25)(H,23,26). The Morgan fingerprint density at radius 3 is 2.50 bits per heavy atom. The third kappa shape index (κ3) is 5.81. The van der Waals surface area contributed by atoms with E-state index < -0.39 is 5.54 Å². The lowest BCUT2D eigenvalue weighted by molar-refractivity contribution is -0.128. The zero-order chi connectivity index (χ0) is 19.2. The fraction of sp³-hybridized carbons (Fsp3) is 0.600. The van der Waals surface area contributed by atoms with Gasteiger partial charge in [0.1, 0.15) is 0 Å². The van der Waals surface area contributed by atoms with E-state index in [1.54, 1.807) is 12.1 Å². The zero-order valence-electron chi connectivity index (χ0n) is 16.2. The Kier molecular flexibility index (Phi) is 7.17. The second-order valence-electron chi connectivity index (χ2n) is 7.78. The number of hydrogen-bond donors (Lipinski definition) is 3. The Bertz CT molecular complexity index is 611. The van der Waals surface area contributed by atoms with E-state index in [0.29, 0.717) is 18.7 Å². The van der Waals surface area contributed by atoms with Crippen LogP contribution in [0.3, 0.4) is 0 Å². The summed E-state index contributed by atoms with van der Waals surface area (Å²) >= 11 is 0. The summed E-state index contributed by atoms with van der Waals surface area (Å²) in [6, 6.07) is 7.34. The summed E-state index contributed by atoms with van der Waals surface area (Å²) in [5.41, 5.74) is 7.47. The van der Waals surface area contributed by atoms with E-state index in [1.165, 1.54) is 0 Å². The van der Waals surface area contributed by atoms with Crippen LogP contribution in [0.25, 0.3) is 0 Å². The number of likely N-dealkylation sites (N-methyl/N-ethyl adjacent to an activating group) is 1. The highest BCUT2D eigenvalue weighted by atomic mass is 16.2. The van der Waals surface area contributed by atoms with Crippen molar-refractivity contribution in [1.29, 1.82) is 0 Å². The molecular weight excluding hydrogens is 328 g/mol. The Labute approximate surface area is 156 Å². The average molecular weight is 361 g/mol. The van der Waals surface area contributed by atoms with E-state index in [9.17, 15) is 9.59 Å². The highest BCUT2D eigenvalue weighted by Crippen LogP contribution is 2.31. The van der Waals surface area contributed by atoms with Crippen LogP contribution in [0, 0.1) is 5.92 Å². The maximum absolute atomic E-state index is 12.5. The van der Waals surface area contributed by atoms with E-state index in [2.05, 4.69) is 10.6 Å². The number of nitrogens with two attached hydrogens (primary N) is 1. The van der Waals surface area contributed by atoms with Crippen LogP contribution >= 0.6 is 0 Å². The Balaban J connectivity index is 1.83. The minimum atomic E-state index is -0.420. The second-order valence-corrected chi connectivity index (χ2v) is 7.78. The molecule has 0 aromatic heterocycles. The van der Waals surface area contributed by atoms with Crippen LogP contribution in [-0.4, -0.2) is 49.4 Å². The van der Waals surface area contributed by atoms with Crippen molar-refractivity contribution in [2.24, 2.45) is 11.7 Å². The van der Waals surface area contributed by atoms with Crippen molar-refractivity contribution >= 4 is 11.8 Å². The normalized spacial score (nSPS) is 22.9. The molecule has 0 heterocycles. The molecule has 2 atom stereocenters. The van der Waals surface area contributed by atoms with Crippen LogP contribution < -0.4 is 16.4 Å². The lowest BCUT2D eigenvalue weighted by Gasteiger charge is -2.37. The molecule has 0 radical (unpaired) electrons. The molecule has 1 aromatic rings. The van der Waals surface area contributed by atoms with Gasteiger partial charge < -0.3 is 21.3 Å². The van der Waals surface area contributed by atoms with Crippen LogP contribution in [0.1, 0.15) is 48.5 Å². The SMILES string of the molecule is CN(C)CCNC(=O)c1ccc(CNC(=O)C2CCCCC2(C)N)cc1. The Hall–Kier alpha value is -1.92. The molecule has 2 rings (SSSR count). The molecule has 1 aliphatic carbocycles. The molecule has 1 fully saturated rings. The molecular formula is C20H32N4O2. The minimum absolute atomic E-state index is 0.0280. The fourth-order valence-corrected chi connectivity index (χ4v) is 3.37. The summed E-state index contributed by atoms with van der Waals surface area (Å²) in [6.07, 6.45) is 3.89. The molecule has 6 nitrogen and oxygen atoms in total. The summed E-state index contributed by atoms with van der Waals surface area (Å²) in [5.74, 6) is -0.179. The van der Waals surface area contributed by atoms with Gasteiger partial charge in [-0.3, -0.25) is 9.59 Å². The molecule has 0 saturated heterocycles. The number of hydrogen-bond acceptors (Lipinski definition) is 4. The van der Waals surface area contributed by atoms with E-state index in [4.69, 9.17) is 5.73 Å². The van der Waals surface area contributed by atoms with Gasteiger partial charge in [-0.2, -0.15) is 0 Å². The van der Waals surface area contributed by atoms with Crippen molar-refractivity contribution in [3.63, 3.8) is 0 Å². The van der Waals surface area contributed by atoms with Crippen molar-refractivity contribution in [1.82, 2.24) is 15.5 Å². The second kappa shape index (κ2) is 9.14. The molecule has 1 saturated carbocycles. The summed E-state index contributed by atoms with van der Waals surface area (Å²) < 4.78 is 0. The van der Waals surface area contributed by atoms with Gasteiger partial charge in [0.2, 0.25) is 5.91 Å². The summed E-state index contributed by atoms with van der Waals surface area (Å²) in [6.45, 7) is 3.84. The fourth-order valence-electron chi connectivity index (χ4n) is 3.37. The third-order valence-corrected chi connectivity index (χ3v) is 5.10. The highest BCUT2D eigenvalue weighted by Gasteiger charge is 2.37. The van der Waals surface area contributed by atoms with Gasteiger partial charge in [0, 0.05) is 30.7 Å². The third-order valence-electron chi connectivity index (χ3n) is 5.10. The lowest BCUT2D eigenvalue weighted by atomic mass is 9.74. The van der Waals surface area contributed by atoms with Gasteiger partial charge in [0.25, 0.3) is 5.91 Å². The predicted molar refractivity (Wildman–Crippen MR) is 104 cm³/mol. The summed E-state index contributed by atoms with van der Waals surface area (Å²) in [4.78, 5) is 26.6.